The van der Waals surface area contributed by atoms with Gasteiger partial charge in [-0.25, -0.2) is 18.7 Å². The van der Waals surface area contributed by atoms with Crippen LogP contribution in [-0.2, 0) is 24.1 Å². The Labute approximate surface area is 174 Å². The summed E-state index contributed by atoms with van der Waals surface area (Å²) in [5, 5.41) is 5.91. The van der Waals surface area contributed by atoms with Gasteiger partial charge in [0.1, 0.15) is 5.82 Å². The number of aryl methyl sites for hydroxylation is 3. The number of hydrogen-bond donors (Lipinski definition) is 2. The van der Waals surface area contributed by atoms with Crippen LogP contribution in [0.5, 0.6) is 0 Å². The Balaban J connectivity index is 1.54. The molecule has 0 saturated heterocycles. The molecule has 8 heteroatoms. The second-order valence-electron chi connectivity index (χ2n) is 6.74. The fraction of sp³-hybridized carbons (Fsp3) is 0.190. The number of halogens is 3. The van der Waals surface area contributed by atoms with Gasteiger partial charge in [-0.2, -0.15) is 0 Å². The molecule has 2 heterocycles. The Kier molecular flexibility index (Phi) is 5.53. The van der Waals surface area contributed by atoms with Crippen LogP contribution in [0.4, 0.5) is 26.1 Å². The van der Waals surface area contributed by atoms with E-state index in [1.807, 2.05) is 12.1 Å². The normalized spacial score (nSPS) is 13.0. The molecule has 1 aliphatic heterocycles. The summed E-state index contributed by atoms with van der Waals surface area (Å²) < 4.78 is 28.8. The van der Waals surface area contributed by atoms with Gasteiger partial charge in [-0.1, -0.05) is 34.1 Å². The van der Waals surface area contributed by atoms with Gasteiger partial charge >= 0.3 is 0 Å². The molecule has 0 fully saturated rings. The first kappa shape index (κ1) is 19.4. The van der Waals surface area contributed by atoms with Crippen LogP contribution in [0.3, 0.4) is 0 Å². The fourth-order valence-electron chi connectivity index (χ4n) is 3.25. The maximum Gasteiger partial charge on any atom is 0.227 e. The average molecular weight is 459 g/mol. The van der Waals surface area contributed by atoms with E-state index in [1.165, 1.54) is 6.07 Å². The zero-order chi connectivity index (χ0) is 20.4. The first-order valence-electron chi connectivity index (χ1n) is 9.14. The van der Waals surface area contributed by atoms with Crippen molar-refractivity contribution in [3.05, 3.63) is 75.5 Å². The minimum Gasteiger partial charge on any atom is -0.324 e. The summed E-state index contributed by atoms with van der Waals surface area (Å²) in [6.45, 7) is 0. The van der Waals surface area contributed by atoms with Gasteiger partial charge in [0, 0.05) is 10.9 Å². The molecule has 0 aliphatic carbocycles. The van der Waals surface area contributed by atoms with Crippen LogP contribution >= 0.6 is 15.9 Å². The molecule has 29 heavy (non-hydrogen) atoms. The number of para-hydroxylation sites is 1. The number of nitrogens with one attached hydrogen (secondary N) is 2. The van der Waals surface area contributed by atoms with Crippen molar-refractivity contribution < 1.29 is 13.6 Å². The Bertz CT molecular complexity index is 1090. The number of rotatable bonds is 5. The van der Waals surface area contributed by atoms with Crippen LogP contribution in [0.15, 0.2) is 47.1 Å². The van der Waals surface area contributed by atoms with Crippen LogP contribution in [0.2, 0.25) is 0 Å². The summed E-state index contributed by atoms with van der Waals surface area (Å²) in [6, 6.07) is 10.4. The minimum absolute atomic E-state index is 0.0519. The molecule has 2 aromatic carbocycles. The average Bonchev–Trinajstić information content (AvgIpc) is 2.70. The van der Waals surface area contributed by atoms with Crippen molar-refractivity contribution in [2.75, 3.05) is 10.6 Å². The molecule has 0 spiro atoms. The van der Waals surface area contributed by atoms with Gasteiger partial charge in [-0.05, 0) is 48.6 Å². The lowest BCUT2D eigenvalue weighted by Gasteiger charge is -2.20. The Morgan fingerprint density at radius 3 is 2.79 bits per heavy atom. The van der Waals surface area contributed by atoms with E-state index in [0.29, 0.717) is 40.7 Å². The van der Waals surface area contributed by atoms with Gasteiger partial charge in [0.15, 0.2) is 5.82 Å². The number of hydrogen-bond acceptors (Lipinski definition) is 4. The summed E-state index contributed by atoms with van der Waals surface area (Å²) in [5.41, 5.74) is 3.03. The number of carbonyl (C=O) groups excluding carboxylic acids is 1. The highest BCUT2D eigenvalue weighted by molar-refractivity contribution is 9.10. The zero-order valence-corrected chi connectivity index (χ0v) is 16.9. The summed E-state index contributed by atoms with van der Waals surface area (Å²) in [6.07, 6.45) is 2.73. The van der Waals surface area contributed by atoms with E-state index in [2.05, 4.69) is 36.5 Å². The van der Waals surface area contributed by atoms with E-state index in [0.717, 1.165) is 11.8 Å². The molecular formula is C21H17BrF2N4O. The molecule has 5 nitrogen and oxygen atoms in total. The third-order valence-electron chi connectivity index (χ3n) is 4.75. The van der Waals surface area contributed by atoms with Gasteiger partial charge in [-0.3, -0.25) is 4.79 Å². The van der Waals surface area contributed by atoms with Crippen LogP contribution in [0, 0.1) is 11.6 Å². The Hall–Kier alpha value is -2.87. The van der Waals surface area contributed by atoms with Gasteiger partial charge in [0.25, 0.3) is 0 Å². The smallest absolute Gasteiger partial charge is 0.227 e. The van der Waals surface area contributed by atoms with E-state index < -0.39 is 5.82 Å². The molecule has 1 amide bonds. The molecule has 4 rings (SSSR count). The number of amides is 1. The number of benzene rings is 2. The molecular weight excluding hydrogens is 442 g/mol. The van der Waals surface area contributed by atoms with Crippen molar-refractivity contribution in [1.82, 2.24) is 9.97 Å². The van der Waals surface area contributed by atoms with Gasteiger partial charge in [0.2, 0.25) is 11.9 Å². The standard InChI is InChI=1S/C21H17BrF2N4O/c22-14-7-4-12(15(23)10-14)5-8-17-16(24)11-25-21(26-17)27-18-3-1-2-13-6-9-19(29)28-20(13)18/h1-4,7,10-11H,5-6,8-9H2,(H,28,29)(H,25,26,27). The molecule has 148 valence electrons. The van der Waals surface area contributed by atoms with Crippen molar-refractivity contribution in [3.8, 4) is 0 Å². The van der Waals surface area contributed by atoms with Gasteiger partial charge in [0.05, 0.1) is 23.3 Å². The van der Waals surface area contributed by atoms with Crippen LogP contribution < -0.4 is 10.6 Å². The number of carbonyl (C=O) groups is 1. The SMILES string of the molecule is O=C1CCc2cccc(Nc3ncc(F)c(CCc4ccc(Br)cc4F)n3)c2N1. The lowest BCUT2D eigenvalue weighted by Crippen LogP contribution is -2.20. The van der Waals surface area contributed by atoms with E-state index in [-0.39, 0.29) is 29.8 Å². The maximum absolute atomic E-state index is 14.2. The predicted molar refractivity (Wildman–Crippen MR) is 110 cm³/mol. The van der Waals surface area contributed by atoms with Gasteiger partial charge < -0.3 is 10.6 Å². The van der Waals surface area contributed by atoms with E-state index in [1.54, 1.807) is 18.2 Å². The second-order valence-corrected chi connectivity index (χ2v) is 7.65. The third kappa shape index (κ3) is 4.42. The Morgan fingerprint density at radius 1 is 1.10 bits per heavy atom. The summed E-state index contributed by atoms with van der Waals surface area (Å²) >= 11 is 3.22. The second kappa shape index (κ2) is 8.24. The van der Waals surface area contributed by atoms with Crippen molar-refractivity contribution in [2.45, 2.75) is 25.7 Å². The molecule has 0 unspecified atom stereocenters. The number of anilines is 3. The monoisotopic (exact) mass is 458 g/mol. The fourth-order valence-corrected chi connectivity index (χ4v) is 3.58. The van der Waals surface area contributed by atoms with E-state index >= 15 is 0 Å². The maximum atomic E-state index is 14.2. The quantitative estimate of drug-likeness (QED) is 0.568. The van der Waals surface area contributed by atoms with E-state index in [4.69, 9.17) is 0 Å². The minimum atomic E-state index is -0.545. The Morgan fingerprint density at radius 2 is 1.97 bits per heavy atom. The lowest BCUT2D eigenvalue weighted by atomic mass is 10.0. The van der Waals surface area contributed by atoms with Crippen molar-refractivity contribution in [1.29, 1.82) is 0 Å². The number of fused-ring (bicyclic) bond motifs is 1. The highest BCUT2D eigenvalue weighted by Gasteiger charge is 2.18. The number of nitrogens with zero attached hydrogens (tertiary/aromatic N) is 2. The molecule has 0 bridgehead atoms. The zero-order valence-electron chi connectivity index (χ0n) is 15.3. The highest BCUT2D eigenvalue weighted by Crippen LogP contribution is 2.32. The topological polar surface area (TPSA) is 66.9 Å². The van der Waals surface area contributed by atoms with Crippen molar-refractivity contribution in [3.63, 3.8) is 0 Å². The highest BCUT2D eigenvalue weighted by atomic mass is 79.9. The molecule has 2 N–H and O–H groups in total. The van der Waals surface area contributed by atoms with Crippen molar-refractivity contribution in [2.24, 2.45) is 0 Å². The lowest BCUT2D eigenvalue weighted by molar-refractivity contribution is -0.116. The van der Waals surface area contributed by atoms with Gasteiger partial charge in [-0.15, -0.1) is 0 Å². The first-order valence-corrected chi connectivity index (χ1v) is 9.93. The first-order chi connectivity index (χ1) is 14.0. The molecule has 0 radical (unpaired) electrons. The molecule has 0 saturated carbocycles. The van der Waals surface area contributed by atoms with Crippen molar-refractivity contribution >= 4 is 39.2 Å². The van der Waals surface area contributed by atoms with Crippen LogP contribution in [0.1, 0.15) is 23.2 Å². The largest absolute Gasteiger partial charge is 0.324 e. The number of aromatic nitrogens is 2. The van der Waals surface area contributed by atoms with Crippen LogP contribution in [-0.4, -0.2) is 15.9 Å². The van der Waals surface area contributed by atoms with Crippen LogP contribution in [0.25, 0.3) is 0 Å². The molecule has 0 atom stereocenters. The summed E-state index contributed by atoms with van der Waals surface area (Å²) in [7, 11) is 0. The van der Waals surface area contributed by atoms with E-state index in [9.17, 15) is 13.6 Å². The predicted octanol–water partition coefficient (Wildman–Crippen LogP) is 4.93. The summed E-state index contributed by atoms with van der Waals surface area (Å²) in [5.74, 6) is -0.731. The third-order valence-corrected chi connectivity index (χ3v) is 5.24. The summed E-state index contributed by atoms with van der Waals surface area (Å²) in [4.78, 5) is 20.0. The molecule has 1 aromatic heterocycles. The molecule has 1 aliphatic rings. The molecule has 3 aromatic rings.